The number of hydrogen-bond donors (Lipinski definition) is 1. The maximum Gasteiger partial charge on any atom is 0.0305 e. The molecule has 2 heteroatoms. The molecule has 0 saturated heterocycles. The highest BCUT2D eigenvalue weighted by Crippen LogP contribution is 2.24. The minimum Gasteiger partial charge on any atom is -0.324 e. The van der Waals surface area contributed by atoms with Crippen molar-refractivity contribution in [3.63, 3.8) is 0 Å². The highest BCUT2D eigenvalue weighted by Gasteiger charge is 2.08. The van der Waals surface area contributed by atoms with Crippen molar-refractivity contribution < 1.29 is 0 Å². The number of rotatable bonds is 8. The van der Waals surface area contributed by atoms with E-state index in [2.05, 4.69) is 25.3 Å². The molecule has 0 radical (unpaired) electrons. The van der Waals surface area contributed by atoms with Gasteiger partial charge in [-0.05, 0) is 30.4 Å². The zero-order chi connectivity index (χ0) is 11.8. The van der Waals surface area contributed by atoms with Crippen LogP contribution in [-0.2, 0) is 0 Å². The summed E-state index contributed by atoms with van der Waals surface area (Å²) in [7, 11) is 0. The quantitative estimate of drug-likeness (QED) is 0.647. The van der Waals surface area contributed by atoms with E-state index in [1.807, 2.05) is 0 Å². The fourth-order valence-electron chi connectivity index (χ4n) is 2.08. The molecule has 1 aromatic rings. The Kier molecular flexibility index (Phi) is 6.74. The molecule has 0 spiro atoms. The normalized spacial score (nSPS) is 12.9. The summed E-state index contributed by atoms with van der Waals surface area (Å²) in [5.41, 5.74) is 7.55. The predicted octanol–water partition coefficient (Wildman–Crippen LogP) is 4.81. The Hall–Kier alpha value is -0.340. The van der Waals surface area contributed by atoms with Crippen LogP contribution in [0.25, 0.3) is 0 Å². The van der Waals surface area contributed by atoms with Crippen molar-refractivity contribution in [3.05, 3.63) is 21.9 Å². The first-order valence-electron chi connectivity index (χ1n) is 6.55. The van der Waals surface area contributed by atoms with E-state index in [1.54, 1.807) is 11.3 Å². The van der Waals surface area contributed by atoms with E-state index >= 15 is 0 Å². The van der Waals surface area contributed by atoms with Crippen LogP contribution in [0.5, 0.6) is 0 Å². The van der Waals surface area contributed by atoms with Crippen LogP contribution >= 0.6 is 11.3 Å². The van der Waals surface area contributed by atoms with Gasteiger partial charge in [0.05, 0.1) is 0 Å². The van der Waals surface area contributed by atoms with Crippen molar-refractivity contribution in [2.45, 2.75) is 64.8 Å². The molecule has 0 bridgehead atoms. The lowest BCUT2D eigenvalue weighted by Gasteiger charge is -2.11. The Bertz CT molecular complexity index is 280. The Labute approximate surface area is 104 Å². The maximum atomic E-state index is 6.19. The molecule has 0 aliphatic rings. The van der Waals surface area contributed by atoms with Gasteiger partial charge in [-0.15, -0.1) is 11.3 Å². The topological polar surface area (TPSA) is 26.0 Å². The van der Waals surface area contributed by atoms with Crippen LogP contribution in [0.2, 0.25) is 0 Å². The molecule has 0 aromatic carbocycles. The average molecular weight is 239 g/mol. The molecular formula is C14H25NS. The van der Waals surface area contributed by atoms with Gasteiger partial charge < -0.3 is 5.73 Å². The molecule has 2 N–H and O–H groups in total. The summed E-state index contributed by atoms with van der Waals surface area (Å²) in [6.45, 7) is 4.43. The van der Waals surface area contributed by atoms with Gasteiger partial charge in [0, 0.05) is 10.9 Å². The number of unbranched alkanes of at least 4 members (excludes halogenated alkanes) is 5. The third-order valence-corrected chi connectivity index (χ3v) is 4.03. The summed E-state index contributed by atoms with van der Waals surface area (Å²) >= 11 is 1.80. The summed E-state index contributed by atoms with van der Waals surface area (Å²) in [5.74, 6) is 0. The molecule has 0 aliphatic carbocycles. The fourth-order valence-corrected chi connectivity index (χ4v) is 2.85. The van der Waals surface area contributed by atoms with Gasteiger partial charge in [0.25, 0.3) is 0 Å². The molecule has 0 amide bonds. The lowest BCUT2D eigenvalue weighted by molar-refractivity contribution is 0.547. The van der Waals surface area contributed by atoms with Gasteiger partial charge in [-0.1, -0.05) is 45.4 Å². The molecule has 1 aromatic heterocycles. The molecule has 1 atom stereocenters. The number of nitrogens with two attached hydrogens (primary N) is 1. The second-order valence-corrected chi connectivity index (χ2v) is 5.72. The smallest absolute Gasteiger partial charge is 0.0305 e. The monoisotopic (exact) mass is 239 g/mol. The third kappa shape index (κ3) is 4.67. The lowest BCUT2D eigenvalue weighted by atomic mass is 10.0. The lowest BCUT2D eigenvalue weighted by Crippen LogP contribution is -2.10. The van der Waals surface area contributed by atoms with Gasteiger partial charge in [-0.2, -0.15) is 0 Å². The molecule has 1 heterocycles. The number of hydrogen-bond acceptors (Lipinski definition) is 2. The third-order valence-electron chi connectivity index (χ3n) is 3.17. The van der Waals surface area contributed by atoms with Crippen molar-refractivity contribution in [1.82, 2.24) is 0 Å². The van der Waals surface area contributed by atoms with E-state index in [9.17, 15) is 0 Å². The minimum absolute atomic E-state index is 0.262. The van der Waals surface area contributed by atoms with Crippen LogP contribution in [0.15, 0.2) is 11.4 Å². The van der Waals surface area contributed by atoms with Crippen molar-refractivity contribution >= 4 is 11.3 Å². The Morgan fingerprint density at radius 3 is 2.50 bits per heavy atom. The Balaban J connectivity index is 2.11. The Morgan fingerprint density at radius 2 is 1.88 bits per heavy atom. The first kappa shape index (κ1) is 13.7. The maximum absolute atomic E-state index is 6.19. The van der Waals surface area contributed by atoms with E-state index in [-0.39, 0.29) is 6.04 Å². The first-order valence-corrected chi connectivity index (χ1v) is 7.43. The molecule has 0 fully saturated rings. The highest BCUT2D eigenvalue weighted by molar-refractivity contribution is 7.10. The zero-order valence-corrected chi connectivity index (χ0v) is 11.5. The molecule has 1 nitrogen and oxygen atoms in total. The highest BCUT2D eigenvalue weighted by atomic mass is 32.1. The van der Waals surface area contributed by atoms with Crippen LogP contribution < -0.4 is 5.73 Å². The molecule has 0 saturated carbocycles. The summed E-state index contributed by atoms with van der Waals surface area (Å²) < 4.78 is 0. The minimum atomic E-state index is 0.262. The molecular weight excluding hydrogens is 214 g/mol. The van der Waals surface area contributed by atoms with E-state index < -0.39 is 0 Å². The Morgan fingerprint density at radius 1 is 1.19 bits per heavy atom. The second-order valence-electron chi connectivity index (χ2n) is 4.60. The van der Waals surface area contributed by atoms with Crippen molar-refractivity contribution in [2.24, 2.45) is 5.73 Å². The summed E-state index contributed by atoms with van der Waals surface area (Å²) in [5, 5.41) is 2.14. The molecule has 1 rings (SSSR count). The van der Waals surface area contributed by atoms with E-state index in [4.69, 9.17) is 5.73 Å². The predicted molar refractivity (Wildman–Crippen MR) is 74.0 cm³/mol. The van der Waals surface area contributed by atoms with Gasteiger partial charge in [-0.25, -0.2) is 0 Å². The fraction of sp³-hybridized carbons (Fsp3) is 0.714. The van der Waals surface area contributed by atoms with Crippen molar-refractivity contribution in [2.75, 3.05) is 0 Å². The van der Waals surface area contributed by atoms with Crippen molar-refractivity contribution in [1.29, 1.82) is 0 Å². The van der Waals surface area contributed by atoms with E-state index in [0.29, 0.717) is 0 Å². The van der Waals surface area contributed by atoms with Gasteiger partial charge in [0.15, 0.2) is 0 Å². The van der Waals surface area contributed by atoms with Crippen LogP contribution in [0.1, 0.15) is 68.4 Å². The average Bonchev–Trinajstić information content (AvgIpc) is 2.69. The molecule has 92 valence electrons. The largest absolute Gasteiger partial charge is 0.324 e. The van der Waals surface area contributed by atoms with E-state index in [1.165, 1.54) is 49.0 Å². The SMILES string of the molecule is CCCCCCCCC(N)c1ccsc1C. The zero-order valence-electron chi connectivity index (χ0n) is 10.7. The molecule has 1 unspecified atom stereocenters. The molecule has 16 heavy (non-hydrogen) atoms. The van der Waals surface area contributed by atoms with Crippen molar-refractivity contribution in [3.8, 4) is 0 Å². The van der Waals surface area contributed by atoms with Gasteiger partial charge in [-0.3, -0.25) is 0 Å². The standard InChI is InChI=1S/C14H25NS/c1-3-4-5-6-7-8-9-14(15)13-10-11-16-12(13)2/h10-11,14H,3-9,15H2,1-2H3. The molecule has 0 aliphatic heterocycles. The number of thiophene rings is 1. The van der Waals surface area contributed by atoms with Gasteiger partial charge >= 0.3 is 0 Å². The summed E-state index contributed by atoms with van der Waals surface area (Å²) in [6.07, 6.45) is 9.25. The van der Waals surface area contributed by atoms with Crippen LogP contribution in [-0.4, -0.2) is 0 Å². The van der Waals surface area contributed by atoms with Gasteiger partial charge in [0.1, 0.15) is 0 Å². The van der Waals surface area contributed by atoms with Crippen LogP contribution in [0.4, 0.5) is 0 Å². The van der Waals surface area contributed by atoms with Gasteiger partial charge in [0.2, 0.25) is 0 Å². The van der Waals surface area contributed by atoms with Crippen LogP contribution in [0, 0.1) is 6.92 Å². The number of aryl methyl sites for hydroxylation is 1. The second kappa shape index (κ2) is 7.86. The van der Waals surface area contributed by atoms with Crippen LogP contribution in [0.3, 0.4) is 0 Å². The first-order chi connectivity index (χ1) is 7.75. The van der Waals surface area contributed by atoms with E-state index in [0.717, 1.165) is 6.42 Å². The summed E-state index contributed by atoms with van der Waals surface area (Å²) in [4.78, 5) is 1.39. The summed E-state index contributed by atoms with van der Waals surface area (Å²) in [6, 6.07) is 2.44.